The number of aromatic nitrogens is 1. The highest BCUT2D eigenvalue weighted by Gasteiger charge is 2.49. The predicted octanol–water partition coefficient (Wildman–Crippen LogP) is 4.50. The van der Waals surface area contributed by atoms with Crippen molar-refractivity contribution in [3.63, 3.8) is 0 Å². The van der Waals surface area contributed by atoms with Crippen molar-refractivity contribution in [2.45, 2.75) is 44.2 Å². The minimum atomic E-state index is -0.696. The van der Waals surface area contributed by atoms with E-state index in [1.54, 1.807) is 47.6 Å². The molecule has 1 saturated heterocycles. The van der Waals surface area contributed by atoms with Gasteiger partial charge in [0.25, 0.3) is 11.7 Å². The number of halogens is 1. The van der Waals surface area contributed by atoms with Crippen LogP contribution < -0.4 is 4.74 Å². The molecule has 1 aromatic carbocycles. The molecule has 156 valence electrons. The molecule has 2 aliphatic rings. The first-order valence-electron chi connectivity index (χ1n) is 10.1. The molecule has 4 rings (SSSR count). The van der Waals surface area contributed by atoms with Gasteiger partial charge in [0.2, 0.25) is 0 Å². The van der Waals surface area contributed by atoms with Gasteiger partial charge >= 0.3 is 0 Å². The summed E-state index contributed by atoms with van der Waals surface area (Å²) in [4.78, 5) is 31.9. The molecule has 30 heavy (non-hydrogen) atoms. The Morgan fingerprint density at radius 3 is 2.50 bits per heavy atom. The summed E-state index contributed by atoms with van der Waals surface area (Å²) in [6.45, 7) is 0. The molecular weight excluding hydrogens is 404 g/mol. The molecule has 0 radical (unpaired) electrons. The fraction of sp³-hybridized carbons (Fsp3) is 0.348. The zero-order chi connectivity index (χ0) is 21.3. The van der Waals surface area contributed by atoms with E-state index >= 15 is 0 Å². The van der Waals surface area contributed by atoms with Crippen molar-refractivity contribution in [3.05, 3.63) is 64.4 Å². The van der Waals surface area contributed by atoms with Crippen molar-refractivity contribution in [2.75, 3.05) is 7.11 Å². The summed E-state index contributed by atoms with van der Waals surface area (Å²) in [5.41, 5.74) is 1.04. The lowest BCUT2D eigenvalue weighted by molar-refractivity contribution is -0.141. The second kappa shape index (κ2) is 8.48. The molecule has 1 unspecified atom stereocenters. The van der Waals surface area contributed by atoms with Crippen LogP contribution in [0.3, 0.4) is 0 Å². The van der Waals surface area contributed by atoms with E-state index in [4.69, 9.17) is 16.3 Å². The van der Waals surface area contributed by atoms with Crippen LogP contribution in [0.5, 0.6) is 5.75 Å². The number of pyridine rings is 1. The van der Waals surface area contributed by atoms with Crippen molar-refractivity contribution in [3.8, 4) is 5.75 Å². The molecule has 2 fully saturated rings. The first kappa shape index (κ1) is 20.4. The van der Waals surface area contributed by atoms with Crippen LogP contribution in [0.15, 0.2) is 48.3 Å². The molecule has 2 heterocycles. The van der Waals surface area contributed by atoms with Crippen LogP contribution in [-0.4, -0.2) is 39.8 Å². The van der Waals surface area contributed by atoms with Gasteiger partial charge in [0, 0.05) is 24.0 Å². The van der Waals surface area contributed by atoms with E-state index in [9.17, 15) is 14.7 Å². The van der Waals surface area contributed by atoms with Crippen LogP contribution in [0.4, 0.5) is 0 Å². The van der Waals surface area contributed by atoms with Crippen LogP contribution in [0.1, 0.15) is 49.3 Å². The number of carbonyl (C=O) groups excluding carboxylic acids is 2. The number of amides is 1. The normalized spacial score (nSPS) is 21.8. The van der Waals surface area contributed by atoms with E-state index in [2.05, 4.69) is 4.98 Å². The monoisotopic (exact) mass is 426 g/mol. The average molecular weight is 427 g/mol. The molecule has 0 spiro atoms. The molecule has 1 aliphatic carbocycles. The van der Waals surface area contributed by atoms with Crippen LogP contribution in [0.25, 0.3) is 5.76 Å². The fourth-order valence-electron chi connectivity index (χ4n) is 4.42. The smallest absolute Gasteiger partial charge is 0.295 e. The quantitative estimate of drug-likeness (QED) is 0.442. The van der Waals surface area contributed by atoms with Crippen molar-refractivity contribution in [1.29, 1.82) is 0 Å². The minimum Gasteiger partial charge on any atom is -0.507 e. The van der Waals surface area contributed by atoms with Crippen molar-refractivity contribution in [2.24, 2.45) is 0 Å². The Hall–Kier alpha value is -2.86. The van der Waals surface area contributed by atoms with Gasteiger partial charge in [-0.05, 0) is 48.7 Å². The van der Waals surface area contributed by atoms with Gasteiger partial charge in [0.15, 0.2) is 0 Å². The molecule has 1 atom stereocenters. The minimum absolute atomic E-state index is 0.0422. The molecule has 2 aromatic rings. The van der Waals surface area contributed by atoms with Gasteiger partial charge < -0.3 is 14.7 Å². The SMILES string of the molecule is COc1ccc(Cl)c(/C(O)=C2\C(=O)C(=O)N(C3CCCCC3)C2c2ccncc2)c1. The zero-order valence-corrected chi connectivity index (χ0v) is 17.4. The Balaban J connectivity index is 1.89. The summed E-state index contributed by atoms with van der Waals surface area (Å²) in [6.07, 6.45) is 8.07. The summed E-state index contributed by atoms with van der Waals surface area (Å²) >= 11 is 6.32. The predicted molar refractivity (Wildman–Crippen MR) is 113 cm³/mol. The molecule has 1 saturated carbocycles. The lowest BCUT2D eigenvalue weighted by Crippen LogP contribution is -2.40. The number of ether oxygens (including phenoxy) is 1. The first-order valence-corrected chi connectivity index (χ1v) is 10.4. The summed E-state index contributed by atoms with van der Waals surface area (Å²) in [6, 6.07) is 7.64. The number of methoxy groups -OCH3 is 1. The van der Waals surface area contributed by atoms with Crippen LogP contribution in [-0.2, 0) is 9.59 Å². The van der Waals surface area contributed by atoms with Crippen LogP contribution >= 0.6 is 11.6 Å². The Kier molecular flexibility index (Phi) is 5.77. The summed E-state index contributed by atoms with van der Waals surface area (Å²) < 4.78 is 5.24. The van der Waals surface area contributed by atoms with Gasteiger partial charge in [0.1, 0.15) is 11.5 Å². The number of nitrogens with zero attached hydrogens (tertiary/aromatic N) is 2. The Morgan fingerprint density at radius 2 is 1.83 bits per heavy atom. The number of rotatable bonds is 4. The maximum atomic E-state index is 13.1. The standard InChI is InChI=1S/C23H23ClN2O4/c1-30-16-7-8-18(24)17(13-16)21(27)19-20(14-9-11-25-12-10-14)26(23(29)22(19)28)15-5-3-2-4-6-15/h7-13,15,20,27H,2-6H2,1H3/b21-19+. The molecule has 1 amide bonds. The largest absolute Gasteiger partial charge is 0.507 e. The molecule has 1 N–H and O–H groups in total. The van der Waals surface area contributed by atoms with Crippen molar-refractivity contribution in [1.82, 2.24) is 9.88 Å². The van der Waals surface area contributed by atoms with Gasteiger partial charge in [-0.3, -0.25) is 14.6 Å². The highest BCUT2D eigenvalue weighted by Crippen LogP contribution is 2.43. The third kappa shape index (κ3) is 3.56. The van der Waals surface area contributed by atoms with E-state index in [1.165, 1.54) is 7.11 Å². The Bertz CT molecular complexity index is 1000. The summed E-state index contributed by atoms with van der Waals surface area (Å²) in [5, 5.41) is 11.5. The topological polar surface area (TPSA) is 79.7 Å². The lowest BCUT2D eigenvalue weighted by atomic mass is 9.91. The second-order valence-corrected chi connectivity index (χ2v) is 8.03. The van der Waals surface area contributed by atoms with E-state index in [0.29, 0.717) is 5.75 Å². The number of aliphatic hydroxyl groups excluding tert-OH is 1. The maximum Gasteiger partial charge on any atom is 0.295 e. The number of ketones is 1. The number of benzene rings is 1. The number of hydrogen-bond acceptors (Lipinski definition) is 5. The Labute approximate surface area is 180 Å². The summed E-state index contributed by atoms with van der Waals surface area (Å²) in [5.74, 6) is -1.08. The molecular formula is C23H23ClN2O4. The molecule has 7 heteroatoms. The third-order valence-electron chi connectivity index (χ3n) is 5.90. The Morgan fingerprint density at radius 1 is 1.13 bits per heavy atom. The highest BCUT2D eigenvalue weighted by atomic mass is 35.5. The number of aliphatic hydroxyl groups is 1. The maximum absolute atomic E-state index is 13.1. The number of carbonyl (C=O) groups is 2. The highest BCUT2D eigenvalue weighted by molar-refractivity contribution is 6.47. The van der Waals surface area contributed by atoms with Crippen molar-refractivity contribution >= 4 is 29.1 Å². The third-order valence-corrected chi connectivity index (χ3v) is 6.23. The molecule has 6 nitrogen and oxygen atoms in total. The molecule has 1 aliphatic heterocycles. The lowest BCUT2D eigenvalue weighted by Gasteiger charge is -2.35. The van der Waals surface area contributed by atoms with Crippen LogP contribution in [0.2, 0.25) is 5.02 Å². The van der Waals surface area contributed by atoms with Gasteiger partial charge in [-0.1, -0.05) is 30.9 Å². The first-order chi connectivity index (χ1) is 14.5. The average Bonchev–Trinajstić information content (AvgIpc) is 3.05. The zero-order valence-electron chi connectivity index (χ0n) is 16.7. The fourth-order valence-corrected chi connectivity index (χ4v) is 4.62. The van der Waals surface area contributed by atoms with Crippen molar-refractivity contribution < 1.29 is 19.4 Å². The number of Topliss-reactive ketones (excluding diaryl/α,β-unsaturated/α-hetero) is 1. The van der Waals surface area contributed by atoms with Gasteiger partial charge in [-0.15, -0.1) is 0 Å². The van der Waals surface area contributed by atoms with E-state index < -0.39 is 17.7 Å². The molecule has 1 aromatic heterocycles. The van der Waals surface area contributed by atoms with E-state index in [1.807, 2.05) is 0 Å². The van der Waals surface area contributed by atoms with Crippen LogP contribution in [0, 0.1) is 0 Å². The number of likely N-dealkylation sites (tertiary alicyclic amines) is 1. The van der Waals surface area contributed by atoms with E-state index in [-0.39, 0.29) is 28.0 Å². The van der Waals surface area contributed by atoms with Gasteiger partial charge in [-0.25, -0.2) is 0 Å². The van der Waals surface area contributed by atoms with E-state index in [0.717, 1.165) is 37.7 Å². The van der Waals surface area contributed by atoms with Gasteiger partial charge in [-0.2, -0.15) is 0 Å². The summed E-state index contributed by atoms with van der Waals surface area (Å²) in [7, 11) is 1.51. The van der Waals surface area contributed by atoms with Gasteiger partial charge in [0.05, 0.1) is 23.7 Å². The molecule has 0 bridgehead atoms. The second-order valence-electron chi connectivity index (χ2n) is 7.62. The number of hydrogen-bond donors (Lipinski definition) is 1.